The molecule has 0 N–H and O–H groups in total. The lowest BCUT2D eigenvalue weighted by atomic mass is 9.98. The van der Waals surface area contributed by atoms with E-state index in [0.29, 0.717) is 18.4 Å². The Morgan fingerprint density at radius 2 is 2.40 bits per heavy atom. The van der Waals surface area contributed by atoms with Gasteiger partial charge in [0, 0.05) is 26.1 Å². The van der Waals surface area contributed by atoms with Crippen molar-refractivity contribution >= 4 is 5.91 Å². The molecule has 6 nitrogen and oxygen atoms in total. The topological polar surface area (TPSA) is 68.5 Å². The van der Waals surface area contributed by atoms with Gasteiger partial charge in [-0.05, 0) is 19.3 Å². The van der Waals surface area contributed by atoms with Crippen LogP contribution < -0.4 is 0 Å². The zero-order chi connectivity index (χ0) is 14.5. The van der Waals surface area contributed by atoms with Crippen molar-refractivity contribution in [3.63, 3.8) is 0 Å². The van der Waals surface area contributed by atoms with Gasteiger partial charge in [0.1, 0.15) is 6.61 Å². The second-order valence-electron chi connectivity index (χ2n) is 5.41. The molecule has 1 amide bonds. The molecule has 0 radical (unpaired) electrons. The van der Waals surface area contributed by atoms with Crippen LogP contribution in [0, 0.1) is 0 Å². The number of carbonyl (C=O) groups excluding carboxylic acids is 1. The van der Waals surface area contributed by atoms with Crippen molar-refractivity contribution in [2.45, 2.75) is 44.9 Å². The summed E-state index contributed by atoms with van der Waals surface area (Å²) in [6.45, 7) is 5.75. The van der Waals surface area contributed by atoms with Gasteiger partial charge < -0.3 is 14.2 Å². The van der Waals surface area contributed by atoms with Crippen LogP contribution in [-0.4, -0.2) is 47.8 Å². The van der Waals surface area contributed by atoms with E-state index in [4.69, 9.17) is 9.26 Å². The smallest absolute Gasteiger partial charge is 0.248 e. The lowest BCUT2D eigenvalue weighted by Crippen LogP contribution is -2.40. The van der Waals surface area contributed by atoms with E-state index >= 15 is 0 Å². The van der Waals surface area contributed by atoms with Gasteiger partial charge in [-0.1, -0.05) is 19.0 Å². The number of carbonyl (C=O) groups is 1. The van der Waals surface area contributed by atoms with Crippen molar-refractivity contribution in [3.8, 4) is 0 Å². The van der Waals surface area contributed by atoms with E-state index in [2.05, 4.69) is 24.0 Å². The molecule has 0 unspecified atom stereocenters. The first kappa shape index (κ1) is 15.0. The Bertz CT molecular complexity index is 447. The average molecular weight is 281 g/mol. The average Bonchev–Trinajstić information content (AvgIpc) is 2.96. The van der Waals surface area contributed by atoms with E-state index in [-0.39, 0.29) is 18.4 Å². The summed E-state index contributed by atoms with van der Waals surface area (Å²) in [6, 6.07) is 0. The molecule has 1 aromatic rings. The zero-order valence-electron chi connectivity index (χ0n) is 12.5. The molecule has 1 aliphatic heterocycles. The lowest BCUT2D eigenvalue weighted by molar-refractivity contribution is -0.136. The number of ether oxygens (including phenoxy) is 1. The van der Waals surface area contributed by atoms with Gasteiger partial charge in [0.05, 0.1) is 5.92 Å². The number of piperidine rings is 1. The number of likely N-dealkylation sites (tertiary alicyclic amines) is 1. The molecule has 2 atom stereocenters. The fourth-order valence-electron chi connectivity index (χ4n) is 2.42. The van der Waals surface area contributed by atoms with E-state index in [1.165, 1.54) is 7.11 Å². The molecule has 0 aliphatic carbocycles. The first-order valence-electron chi connectivity index (χ1n) is 7.25. The number of hydrogen-bond donors (Lipinski definition) is 0. The first-order valence-corrected chi connectivity index (χ1v) is 7.25. The van der Waals surface area contributed by atoms with Crippen molar-refractivity contribution < 1.29 is 14.1 Å². The number of methoxy groups -OCH3 is 1. The molecular weight excluding hydrogens is 258 g/mol. The third-order valence-electron chi connectivity index (χ3n) is 3.90. The Kier molecular flexibility index (Phi) is 5.11. The molecule has 6 heteroatoms. The number of amides is 1. The van der Waals surface area contributed by atoms with Crippen LogP contribution in [0.15, 0.2) is 4.52 Å². The van der Waals surface area contributed by atoms with Gasteiger partial charge in [0.15, 0.2) is 5.82 Å². The molecule has 0 saturated carbocycles. The zero-order valence-corrected chi connectivity index (χ0v) is 12.5. The molecule has 2 rings (SSSR count). The second-order valence-corrected chi connectivity index (χ2v) is 5.41. The maximum atomic E-state index is 11.9. The van der Waals surface area contributed by atoms with Crippen LogP contribution in [0.2, 0.25) is 0 Å². The summed E-state index contributed by atoms with van der Waals surface area (Å²) in [5, 5.41) is 4.05. The molecule has 20 heavy (non-hydrogen) atoms. The molecule has 112 valence electrons. The molecule has 1 fully saturated rings. The summed E-state index contributed by atoms with van der Waals surface area (Å²) in [5.41, 5.74) is 0. The lowest BCUT2D eigenvalue weighted by Gasteiger charge is -2.30. The number of nitrogens with zero attached hydrogens (tertiary/aromatic N) is 3. The summed E-state index contributed by atoms with van der Waals surface area (Å²) in [7, 11) is 1.54. The molecule has 0 spiro atoms. The van der Waals surface area contributed by atoms with Crippen LogP contribution in [0.1, 0.15) is 56.7 Å². The van der Waals surface area contributed by atoms with Gasteiger partial charge in [-0.25, -0.2) is 0 Å². The third kappa shape index (κ3) is 3.36. The highest BCUT2D eigenvalue weighted by molar-refractivity contribution is 5.77. The highest BCUT2D eigenvalue weighted by atomic mass is 16.5. The maximum Gasteiger partial charge on any atom is 0.248 e. The Hall–Kier alpha value is -1.43. The Morgan fingerprint density at radius 3 is 3.10 bits per heavy atom. The summed E-state index contributed by atoms with van der Waals surface area (Å²) in [6.07, 6.45) is 2.93. The monoisotopic (exact) mass is 281 g/mol. The van der Waals surface area contributed by atoms with Gasteiger partial charge in [-0.3, -0.25) is 4.79 Å². The van der Waals surface area contributed by atoms with E-state index < -0.39 is 0 Å². The molecular formula is C14H23N3O3. The normalized spacial score (nSPS) is 20.9. The number of rotatable bonds is 5. The minimum atomic E-state index is 0.0267. The summed E-state index contributed by atoms with van der Waals surface area (Å²) < 4.78 is 10.3. The van der Waals surface area contributed by atoms with Crippen LogP contribution in [0.25, 0.3) is 0 Å². The summed E-state index contributed by atoms with van der Waals surface area (Å²) in [5.74, 6) is 1.91. The van der Waals surface area contributed by atoms with Crippen molar-refractivity contribution in [1.82, 2.24) is 15.0 Å². The second kappa shape index (κ2) is 6.83. The van der Waals surface area contributed by atoms with Crippen LogP contribution in [0.4, 0.5) is 0 Å². The van der Waals surface area contributed by atoms with E-state index in [0.717, 1.165) is 31.6 Å². The van der Waals surface area contributed by atoms with Crippen molar-refractivity contribution in [2.75, 3.05) is 26.8 Å². The van der Waals surface area contributed by atoms with Crippen LogP contribution in [0.3, 0.4) is 0 Å². The molecule has 1 saturated heterocycles. The molecule has 1 aliphatic rings. The van der Waals surface area contributed by atoms with Crippen molar-refractivity contribution in [3.05, 3.63) is 11.7 Å². The van der Waals surface area contributed by atoms with Gasteiger partial charge in [0.25, 0.3) is 0 Å². The predicted octanol–water partition coefficient (Wildman–Crippen LogP) is 1.94. The maximum absolute atomic E-state index is 11.9. The Balaban J connectivity index is 2.01. The predicted molar refractivity (Wildman–Crippen MR) is 73.4 cm³/mol. The molecule has 0 aromatic carbocycles. The number of aromatic nitrogens is 2. The fraction of sp³-hybridized carbons (Fsp3) is 0.786. The van der Waals surface area contributed by atoms with Crippen molar-refractivity contribution in [2.24, 2.45) is 0 Å². The molecule has 0 bridgehead atoms. The standard InChI is InChI=1S/C14H23N3O3/c1-4-10(2)13-15-14(20-16-13)11-6-5-7-17(8-11)12(18)9-19-3/h10-11H,4-9H2,1-3H3/t10-,11+/m1/s1. The van der Waals surface area contributed by atoms with Crippen molar-refractivity contribution in [1.29, 1.82) is 0 Å². The molecule has 2 heterocycles. The van der Waals surface area contributed by atoms with Gasteiger partial charge >= 0.3 is 0 Å². The van der Waals surface area contributed by atoms with Crippen LogP contribution >= 0.6 is 0 Å². The summed E-state index contributed by atoms with van der Waals surface area (Å²) >= 11 is 0. The highest BCUT2D eigenvalue weighted by Gasteiger charge is 2.28. The quantitative estimate of drug-likeness (QED) is 0.825. The third-order valence-corrected chi connectivity index (χ3v) is 3.90. The first-order chi connectivity index (χ1) is 9.65. The highest BCUT2D eigenvalue weighted by Crippen LogP contribution is 2.27. The molecule has 1 aromatic heterocycles. The fourth-order valence-corrected chi connectivity index (χ4v) is 2.42. The van der Waals surface area contributed by atoms with Gasteiger partial charge in [0.2, 0.25) is 11.8 Å². The van der Waals surface area contributed by atoms with Gasteiger partial charge in [-0.2, -0.15) is 4.98 Å². The van der Waals surface area contributed by atoms with E-state index in [1.807, 2.05) is 4.90 Å². The number of hydrogen-bond acceptors (Lipinski definition) is 5. The Morgan fingerprint density at radius 1 is 1.60 bits per heavy atom. The van der Waals surface area contributed by atoms with Crippen LogP contribution in [0.5, 0.6) is 0 Å². The summed E-state index contributed by atoms with van der Waals surface area (Å²) in [4.78, 5) is 18.2. The van der Waals surface area contributed by atoms with Crippen LogP contribution in [-0.2, 0) is 9.53 Å². The van der Waals surface area contributed by atoms with E-state index in [9.17, 15) is 4.79 Å². The minimum Gasteiger partial charge on any atom is -0.375 e. The SMILES string of the molecule is CC[C@@H](C)c1noc([C@H]2CCCN(C(=O)COC)C2)n1. The van der Waals surface area contributed by atoms with E-state index in [1.54, 1.807) is 0 Å². The largest absolute Gasteiger partial charge is 0.375 e. The Labute approximate surface area is 119 Å². The van der Waals surface area contributed by atoms with Gasteiger partial charge in [-0.15, -0.1) is 0 Å². The minimum absolute atomic E-state index is 0.0267.